The van der Waals surface area contributed by atoms with Crippen molar-refractivity contribution in [1.82, 2.24) is 20.8 Å². The van der Waals surface area contributed by atoms with Gasteiger partial charge in [0.25, 0.3) is 0 Å². The Morgan fingerprint density at radius 3 is 2.82 bits per heavy atom. The van der Waals surface area contributed by atoms with Crippen LogP contribution in [-0.4, -0.2) is 29.3 Å². The van der Waals surface area contributed by atoms with Crippen molar-refractivity contribution in [3.05, 3.63) is 11.7 Å². The van der Waals surface area contributed by atoms with Gasteiger partial charge in [0, 0.05) is 12.5 Å². The first-order chi connectivity index (χ1) is 8.42. The maximum Gasteiger partial charge on any atom is 0.228 e. The van der Waals surface area contributed by atoms with Crippen molar-refractivity contribution < 1.29 is 4.52 Å². The summed E-state index contributed by atoms with van der Waals surface area (Å²) in [7, 11) is 0. The highest BCUT2D eigenvalue weighted by Gasteiger charge is 2.23. The van der Waals surface area contributed by atoms with Crippen LogP contribution in [0.15, 0.2) is 4.52 Å². The smallest absolute Gasteiger partial charge is 0.228 e. The second-order valence-electron chi connectivity index (χ2n) is 5.05. The van der Waals surface area contributed by atoms with Gasteiger partial charge in [-0.2, -0.15) is 4.98 Å². The molecule has 17 heavy (non-hydrogen) atoms. The molecule has 0 radical (unpaired) electrons. The lowest BCUT2D eigenvalue weighted by molar-refractivity contribution is 0.328. The van der Waals surface area contributed by atoms with Gasteiger partial charge in [-0.3, -0.25) is 0 Å². The van der Waals surface area contributed by atoms with Gasteiger partial charge in [-0.15, -0.1) is 0 Å². The van der Waals surface area contributed by atoms with Gasteiger partial charge in [-0.1, -0.05) is 11.6 Å². The number of piperidine rings is 1. The van der Waals surface area contributed by atoms with E-state index in [0.29, 0.717) is 12.1 Å². The van der Waals surface area contributed by atoms with E-state index in [4.69, 9.17) is 4.52 Å². The summed E-state index contributed by atoms with van der Waals surface area (Å²) in [4.78, 5) is 4.51. The number of nitrogens with zero attached hydrogens (tertiary/aromatic N) is 2. The molecule has 2 N–H and O–H groups in total. The lowest BCUT2D eigenvalue weighted by Gasteiger charge is -2.21. The van der Waals surface area contributed by atoms with Crippen molar-refractivity contribution in [2.75, 3.05) is 13.1 Å². The summed E-state index contributed by atoms with van der Waals surface area (Å²) in [5.74, 6) is 1.63. The van der Waals surface area contributed by atoms with Crippen molar-refractivity contribution in [3.8, 4) is 0 Å². The van der Waals surface area contributed by atoms with Crippen LogP contribution in [0.4, 0.5) is 0 Å². The molecule has 3 rings (SSSR count). The number of hydrogen-bond donors (Lipinski definition) is 2. The lowest BCUT2D eigenvalue weighted by atomic mass is 10.0. The molecule has 5 heteroatoms. The topological polar surface area (TPSA) is 63.0 Å². The van der Waals surface area contributed by atoms with Crippen LogP contribution in [0.25, 0.3) is 0 Å². The summed E-state index contributed by atoms with van der Waals surface area (Å²) >= 11 is 0. The Labute approximate surface area is 101 Å². The fourth-order valence-corrected chi connectivity index (χ4v) is 2.71. The maximum absolute atomic E-state index is 5.34. The molecule has 5 nitrogen and oxygen atoms in total. The predicted molar refractivity (Wildman–Crippen MR) is 63.6 cm³/mol. The molecule has 0 amide bonds. The van der Waals surface area contributed by atoms with Gasteiger partial charge in [0.05, 0.1) is 6.04 Å². The average molecular weight is 236 g/mol. The zero-order valence-corrected chi connectivity index (χ0v) is 10.1. The molecule has 2 aliphatic rings. The first-order valence-corrected chi connectivity index (χ1v) is 6.71. The Kier molecular flexibility index (Phi) is 3.38. The molecule has 2 atom stereocenters. The second kappa shape index (κ2) is 5.14. The van der Waals surface area contributed by atoms with Gasteiger partial charge >= 0.3 is 0 Å². The largest absolute Gasteiger partial charge is 0.339 e. The second-order valence-corrected chi connectivity index (χ2v) is 5.05. The molecule has 2 unspecified atom stereocenters. The summed E-state index contributed by atoms with van der Waals surface area (Å²) in [5, 5.41) is 11.0. The zero-order chi connectivity index (χ0) is 11.5. The van der Waals surface area contributed by atoms with E-state index < -0.39 is 0 Å². The van der Waals surface area contributed by atoms with Crippen molar-refractivity contribution in [1.29, 1.82) is 0 Å². The zero-order valence-electron chi connectivity index (χ0n) is 10.1. The van der Waals surface area contributed by atoms with E-state index in [1.54, 1.807) is 0 Å². The van der Waals surface area contributed by atoms with E-state index >= 15 is 0 Å². The fraction of sp³-hybridized carbons (Fsp3) is 0.833. The average Bonchev–Trinajstić information content (AvgIpc) is 3.00. The number of nitrogens with one attached hydrogen (secondary N) is 2. The lowest BCUT2D eigenvalue weighted by Crippen LogP contribution is -2.35. The standard InChI is InChI=1S/C12H20N4O/c1-2-6-13-9(4-1)8-11-15-12(16-17-11)10-5-3-7-14-10/h9-10,13-14H,1-8H2. The van der Waals surface area contributed by atoms with Gasteiger partial charge in [-0.05, 0) is 38.8 Å². The van der Waals surface area contributed by atoms with Gasteiger partial charge < -0.3 is 15.2 Å². The quantitative estimate of drug-likeness (QED) is 0.825. The van der Waals surface area contributed by atoms with Crippen molar-refractivity contribution >= 4 is 0 Å². The molecule has 2 aliphatic heterocycles. The number of hydrogen-bond acceptors (Lipinski definition) is 5. The van der Waals surface area contributed by atoms with E-state index in [-0.39, 0.29) is 0 Å². The highest BCUT2D eigenvalue weighted by atomic mass is 16.5. The van der Waals surface area contributed by atoms with E-state index in [0.717, 1.165) is 37.6 Å². The van der Waals surface area contributed by atoms with Gasteiger partial charge in [0.2, 0.25) is 5.89 Å². The first kappa shape index (κ1) is 11.2. The molecule has 3 heterocycles. The Bertz CT molecular complexity index is 353. The minimum atomic E-state index is 0.312. The third kappa shape index (κ3) is 2.66. The summed E-state index contributed by atoms with van der Waals surface area (Å²) in [6.07, 6.45) is 7.03. The van der Waals surface area contributed by atoms with Crippen LogP contribution in [-0.2, 0) is 6.42 Å². The SMILES string of the molecule is C1CCC(Cc2nc(C3CCCN3)no2)NC1. The fourth-order valence-electron chi connectivity index (χ4n) is 2.71. The van der Waals surface area contributed by atoms with Crippen LogP contribution in [0.1, 0.15) is 49.9 Å². The van der Waals surface area contributed by atoms with E-state index in [1.807, 2.05) is 0 Å². The Balaban J connectivity index is 1.59. The van der Waals surface area contributed by atoms with Crippen LogP contribution >= 0.6 is 0 Å². The van der Waals surface area contributed by atoms with E-state index in [1.165, 1.54) is 25.7 Å². The van der Waals surface area contributed by atoms with E-state index in [9.17, 15) is 0 Å². The summed E-state index contributed by atoms with van der Waals surface area (Å²) in [6, 6.07) is 0.834. The first-order valence-electron chi connectivity index (χ1n) is 6.71. The molecule has 0 aliphatic carbocycles. The van der Waals surface area contributed by atoms with Crippen LogP contribution < -0.4 is 10.6 Å². The van der Waals surface area contributed by atoms with Crippen molar-refractivity contribution in [2.24, 2.45) is 0 Å². The van der Waals surface area contributed by atoms with Gasteiger partial charge in [0.1, 0.15) is 0 Å². The van der Waals surface area contributed by atoms with Crippen LogP contribution in [0.2, 0.25) is 0 Å². The molecular formula is C12H20N4O. The van der Waals surface area contributed by atoms with Gasteiger partial charge in [0.15, 0.2) is 5.82 Å². The normalized spacial score (nSPS) is 29.6. The molecule has 94 valence electrons. The Hall–Kier alpha value is -0.940. The Morgan fingerprint density at radius 1 is 1.12 bits per heavy atom. The minimum Gasteiger partial charge on any atom is -0.339 e. The number of rotatable bonds is 3. The third-order valence-corrected chi connectivity index (χ3v) is 3.69. The predicted octanol–water partition coefficient (Wildman–Crippen LogP) is 1.18. The van der Waals surface area contributed by atoms with Crippen LogP contribution in [0.5, 0.6) is 0 Å². The molecular weight excluding hydrogens is 216 g/mol. The highest BCUT2D eigenvalue weighted by Crippen LogP contribution is 2.20. The molecule has 0 bridgehead atoms. The maximum atomic E-state index is 5.34. The monoisotopic (exact) mass is 236 g/mol. The van der Waals surface area contributed by atoms with Crippen LogP contribution in [0, 0.1) is 0 Å². The molecule has 1 aromatic rings. The molecule has 0 saturated carbocycles. The van der Waals surface area contributed by atoms with Crippen molar-refractivity contribution in [2.45, 2.75) is 50.6 Å². The van der Waals surface area contributed by atoms with E-state index in [2.05, 4.69) is 20.8 Å². The molecule has 2 saturated heterocycles. The molecule has 2 fully saturated rings. The summed E-state index contributed by atoms with van der Waals surface area (Å²) in [5.41, 5.74) is 0. The molecule has 0 spiro atoms. The Morgan fingerprint density at radius 2 is 2.06 bits per heavy atom. The minimum absolute atomic E-state index is 0.312. The third-order valence-electron chi connectivity index (χ3n) is 3.69. The molecule has 0 aromatic carbocycles. The highest BCUT2D eigenvalue weighted by molar-refractivity contribution is 4.98. The molecule has 1 aromatic heterocycles. The van der Waals surface area contributed by atoms with Gasteiger partial charge in [-0.25, -0.2) is 0 Å². The summed E-state index contributed by atoms with van der Waals surface area (Å²) < 4.78 is 5.34. The summed E-state index contributed by atoms with van der Waals surface area (Å²) in [6.45, 7) is 2.19. The van der Waals surface area contributed by atoms with Crippen molar-refractivity contribution in [3.63, 3.8) is 0 Å². The van der Waals surface area contributed by atoms with Crippen LogP contribution in [0.3, 0.4) is 0 Å². The number of aromatic nitrogens is 2.